The van der Waals surface area contributed by atoms with Gasteiger partial charge < -0.3 is 13.9 Å². The SMILES string of the molecule is O=C(O)c1ccc2c(c1)nc1/c(=C\c3ccco3)s/c(=C/c3ccco3)c(=O)n12. The van der Waals surface area contributed by atoms with E-state index in [4.69, 9.17) is 8.83 Å². The van der Waals surface area contributed by atoms with Gasteiger partial charge in [0.05, 0.1) is 38.2 Å². The van der Waals surface area contributed by atoms with Crippen molar-refractivity contribution in [3.05, 3.63) is 91.5 Å². The van der Waals surface area contributed by atoms with Crippen LogP contribution in [0, 0.1) is 0 Å². The van der Waals surface area contributed by atoms with Gasteiger partial charge in [-0.15, -0.1) is 11.3 Å². The van der Waals surface area contributed by atoms with Crippen LogP contribution in [0.1, 0.15) is 21.9 Å². The first-order valence-corrected chi connectivity index (χ1v) is 9.41. The fraction of sp³-hybridized carbons (Fsp3) is 0. The number of carbonyl (C=O) groups is 1. The van der Waals surface area contributed by atoms with Gasteiger partial charge in [-0.2, -0.15) is 0 Å². The molecule has 5 aromatic rings. The maximum absolute atomic E-state index is 13.2. The molecule has 0 unspecified atom stereocenters. The van der Waals surface area contributed by atoms with Crippen LogP contribution in [0.15, 0.2) is 68.6 Å². The molecule has 5 rings (SSSR count). The van der Waals surface area contributed by atoms with Gasteiger partial charge >= 0.3 is 5.97 Å². The van der Waals surface area contributed by atoms with Gasteiger partial charge in [-0.1, -0.05) is 0 Å². The molecule has 8 heteroatoms. The van der Waals surface area contributed by atoms with E-state index in [1.54, 1.807) is 48.7 Å². The number of furan rings is 2. The van der Waals surface area contributed by atoms with Gasteiger partial charge in [0.2, 0.25) is 0 Å². The minimum absolute atomic E-state index is 0.107. The fourth-order valence-electron chi connectivity index (χ4n) is 3.09. The third-order valence-electron chi connectivity index (χ3n) is 4.39. The average molecular weight is 404 g/mol. The molecule has 0 atom stereocenters. The molecule has 0 aliphatic carbocycles. The van der Waals surface area contributed by atoms with Crippen molar-refractivity contribution in [2.45, 2.75) is 0 Å². The molecule has 0 amide bonds. The molecule has 0 spiro atoms. The molecule has 0 saturated carbocycles. The van der Waals surface area contributed by atoms with E-state index in [-0.39, 0.29) is 11.1 Å². The molecule has 0 aliphatic heterocycles. The Hall–Kier alpha value is -3.91. The molecule has 0 saturated heterocycles. The Balaban J connectivity index is 1.93. The number of aromatic carboxylic acids is 1. The van der Waals surface area contributed by atoms with Crippen LogP contribution in [-0.4, -0.2) is 20.5 Å². The monoisotopic (exact) mass is 404 g/mol. The summed E-state index contributed by atoms with van der Waals surface area (Å²) in [4.78, 5) is 29.1. The van der Waals surface area contributed by atoms with E-state index < -0.39 is 5.97 Å². The van der Waals surface area contributed by atoms with Crippen LogP contribution in [-0.2, 0) is 0 Å². The average Bonchev–Trinajstić information content (AvgIpc) is 3.45. The first kappa shape index (κ1) is 17.2. The van der Waals surface area contributed by atoms with Crippen LogP contribution in [0.2, 0.25) is 0 Å². The van der Waals surface area contributed by atoms with E-state index in [1.807, 2.05) is 0 Å². The number of aromatic nitrogens is 2. The minimum Gasteiger partial charge on any atom is -0.478 e. The van der Waals surface area contributed by atoms with Gasteiger partial charge in [0.1, 0.15) is 11.5 Å². The Morgan fingerprint density at radius 2 is 1.72 bits per heavy atom. The Morgan fingerprint density at radius 3 is 2.34 bits per heavy atom. The smallest absolute Gasteiger partial charge is 0.335 e. The summed E-state index contributed by atoms with van der Waals surface area (Å²) in [6, 6.07) is 11.6. The quantitative estimate of drug-likeness (QED) is 0.496. The Kier molecular flexibility index (Phi) is 3.92. The van der Waals surface area contributed by atoms with E-state index in [2.05, 4.69) is 4.98 Å². The number of nitrogens with zero attached hydrogens (tertiary/aromatic N) is 2. The molecule has 29 heavy (non-hydrogen) atoms. The van der Waals surface area contributed by atoms with Crippen LogP contribution in [0.4, 0.5) is 0 Å². The van der Waals surface area contributed by atoms with Crippen molar-refractivity contribution in [2.75, 3.05) is 0 Å². The topological polar surface area (TPSA) is 97.9 Å². The highest BCUT2D eigenvalue weighted by molar-refractivity contribution is 7.07. The Morgan fingerprint density at radius 1 is 1.03 bits per heavy atom. The molecular formula is C21H12N2O5S. The first-order valence-electron chi connectivity index (χ1n) is 8.59. The molecule has 7 nitrogen and oxygen atoms in total. The lowest BCUT2D eigenvalue weighted by Crippen LogP contribution is -2.32. The van der Waals surface area contributed by atoms with Crippen LogP contribution in [0.25, 0.3) is 28.8 Å². The molecule has 1 N–H and O–H groups in total. The lowest BCUT2D eigenvalue weighted by Gasteiger charge is -1.97. The summed E-state index contributed by atoms with van der Waals surface area (Å²) in [6.07, 6.45) is 6.56. The normalized spacial score (nSPS) is 13.0. The number of hydrogen-bond donors (Lipinski definition) is 1. The number of imidazole rings is 1. The fourth-order valence-corrected chi connectivity index (χ4v) is 4.09. The van der Waals surface area contributed by atoms with Crippen LogP contribution in [0.5, 0.6) is 0 Å². The zero-order chi connectivity index (χ0) is 20.0. The summed E-state index contributed by atoms with van der Waals surface area (Å²) in [6.45, 7) is 0. The lowest BCUT2D eigenvalue weighted by atomic mass is 10.2. The summed E-state index contributed by atoms with van der Waals surface area (Å²) >= 11 is 1.26. The molecular weight excluding hydrogens is 392 g/mol. The summed E-state index contributed by atoms with van der Waals surface area (Å²) in [7, 11) is 0. The molecule has 4 aromatic heterocycles. The largest absolute Gasteiger partial charge is 0.478 e. The molecule has 4 heterocycles. The number of rotatable bonds is 3. The van der Waals surface area contributed by atoms with Crippen molar-refractivity contribution >= 4 is 46.1 Å². The second kappa shape index (κ2) is 6.61. The van der Waals surface area contributed by atoms with E-state index in [9.17, 15) is 14.7 Å². The number of fused-ring (bicyclic) bond motifs is 3. The zero-order valence-electron chi connectivity index (χ0n) is 14.7. The highest BCUT2D eigenvalue weighted by Gasteiger charge is 2.13. The second-order valence-electron chi connectivity index (χ2n) is 6.23. The number of carboxylic acids is 1. The van der Waals surface area contributed by atoms with Gasteiger partial charge in [-0.25, -0.2) is 9.78 Å². The molecule has 0 fully saturated rings. The van der Waals surface area contributed by atoms with E-state index in [0.29, 0.717) is 37.3 Å². The van der Waals surface area contributed by atoms with Crippen molar-refractivity contribution < 1.29 is 18.7 Å². The van der Waals surface area contributed by atoms with Gasteiger partial charge in [-0.3, -0.25) is 9.20 Å². The lowest BCUT2D eigenvalue weighted by molar-refractivity contribution is 0.0697. The predicted molar refractivity (Wildman–Crippen MR) is 108 cm³/mol. The van der Waals surface area contributed by atoms with Gasteiger partial charge in [-0.05, 0) is 42.5 Å². The van der Waals surface area contributed by atoms with Crippen LogP contribution >= 0.6 is 11.3 Å². The van der Waals surface area contributed by atoms with Gasteiger partial charge in [0, 0.05) is 12.2 Å². The molecule has 0 bridgehead atoms. The van der Waals surface area contributed by atoms with Gasteiger partial charge in [0.15, 0.2) is 5.65 Å². The number of carboxylic acid groups (broad SMARTS) is 1. The van der Waals surface area contributed by atoms with Crippen molar-refractivity contribution in [1.82, 2.24) is 9.38 Å². The summed E-state index contributed by atoms with van der Waals surface area (Å²) in [5.41, 5.74) is 1.24. The molecule has 0 radical (unpaired) electrons. The standard InChI is InChI=1S/C21H12N2O5S/c24-20-18(11-14-4-2-8-28-14)29-17(10-13-3-1-7-27-13)19-22-15-9-12(21(25)26)5-6-16(15)23(19)20/h1-11H,(H,25,26)/b17-10+,18-11+. The zero-order valence-corrected chi connectivity index (χ0v) is 15.6. The highest BCUT2D eigenvalue weighted by atomic mass is 32.1. The predicted octanol–water partition coefficient (Wildman–Crippen LogP) is 2.45. The molecule has 1 aromatic carbocycles. The van der Waals surface area contributed by atoms with Crippen molar-refractivity contribution in [3.63, 3.8) is 0 Å². The van der Waals surface area contributed by atoms with E-state index in [1.165, 1.54) is 34.1 Å². The Labute approximate surface area is 166 Å². The van der Waals surface area contributed by atoms with Crippen molar-refractivity contribution in [1.29, 1.82) is 0 Å². The Bertz CT molecular complexity index is 1540. The summed E-state index contributed by atoms with van der Waals surface area (Å²) in [5.74, 6) is 0.117. The number of hydrogen-bond acceptors (Lipinski definition) is 6. The summed E-state index contributed by atoms with van der Waals surface area (Å²) in [5, 5.41) is 9.26. The van der Waals surface area contributed by atoms with Crippen LogP contribution in [0.3, 0.4) is 0 Å². The maximum Gasteiger partial charge on any atom is 0.335 e. The van der Waals surface area contributed by atoms with E-state index in [0.717, 1.165) is 0 Å². The summed E-state index contributed by atoms with van der Waals surface area (Å²) < 4.78 is 13.4. The molecule has 0 aliphatic rings. The minimum atomic E-state index is -1.05. The third kappa shape index (κ3) is 2.95. The first-order chi connectivity index (χ1) is 14.1. The maximum atomic E-state index is 13.2. The van der Waals surface area contributed by atoms with Crippen molar-refractivity contribution in [2.24, 2.45) is 0 Å². The second-order valence-corrected chi connectivity index (χ2v) is 7.32. The van der Waals surface area contributed by atoms with Crippen molar-refractivity contribution in [3.8, 4) is 0 Å². The van der Waals surface area contributed by atoms with E-state index >= 15 is 0 Å². The highest BCUT2D eigenvalue weighted by Crippen LogP contribution is 2.16. The van der Waals surface area contributed by atoms with Gasteiger partial charge in [0.25, 0.3) is 5.56 Å². The molecule has 142 valence electrons. The van der Waals surface area contributed by atoms with Crippen LogP contribution < -0.4 is 14.6 Å². The number of benzene rings is 1. The third-order valence-corrected chi connectivity index (χ3v) is 5.42.